The first-order chi connectivity index (χ1) is 8.10. The van der Waals surface area contributed by atoms with Crippen molar-refractivity contribution in [3.05, 3.63) is 48.0 Å². The fourth-order valence-electron chi connectivity index (χ4n) is 1.41. The van der Waals surface area contributed by atoms with E-state index in [0.29, 0.717) is 17.7 Å². The molecule has 17 heavy (non-hydrogen) atoms. The van der Waals surface area contributed by atoms with Gasteiger partial charge in [-0.1, -0.05) is 6.08 Å². The minimum Gasteiger partial charge on any atom is -0.355 e. The number of rotatable bonds is 4. The second-order valence-electron chi connectivity index (χ2n) is 3.63. The van der Waals surface area contributed by atoms with Crippen LogP contribution in [-0.4, -0.2) is 37.4 Å². The molecule has 0 atom stereocenters. The summed E-state index contributed by atoms with van der Waals surface area (Å²) in [6.07, 6.45) is 1.66. The van der Waals surface area contributed by atoms with E-state index >= 15 is 0 Å². The highest BCUT2D eigenvalue weighted by Gasteiger charge is 2.11. The molecule has 0 fully saturated rings. The fraction of sp³-hybridized carbons (Fsp3) is 0.231. The molecule has 0 bridgehead atoms. The van der Waals surface area contributed by atoms with Crippen molar-refractivity contribution in [2.75, 3.05) is 20.6 Å². The largest absolute Gasteiger partial charge is 0.355 e. The number of likely N-dealkylation sites (N-methyl/N-ethyl adjacent to an activating group) is 1. The van der Waals surface area contributed by atoms with Gasteiger partial charge >= 0.3 is 0 Å². The second kappa shape index (κ2) is 5.84. The third-order valence-corrected chi connectivity index (χ3v) is 2.37. The molecule has 0 aliphatic heterocycles. The molecule has 0 saturated carbocycles. The fourth-order valence-corrected chi connectivity index (χ4v) is 1.41. The van der Waals surface area contributed by atoms with Crippen molar-refractivity contribution in [3.63, 3.8) is 0 Å². The molecular weight excluding hydrogens is 216 g/mol. The highest BCUT2D eigenvalue weighted by Crippen LogP contribution is 2.07. The van der Waals surface area contributed by atoms with Crippen LogP contribution >= 0.6 is 0 Å². The van der Waals surface area contributed by atoms with Crippen molar-refractivity contribution < 1.29 is 9.59 Å². The van der Waals surface area contributed by atoms with Gasteiger partial charge in [-0.3, -0.25) is 9.59 Å². The summed E-state index contributed by atoms with van der Waals surface area (Å²) in [6.45, 7) is 4.07. The van der Waals surface area contributed by atoms with Crippen LogP contribution < -0.4 is 5.32 Å². The van der Waals surface area contributed by atoms with E-state index in [9.17, 15) is 9.59 Å². The van der Waals surface area contributed by atoms with Crippen LogP contribution in [-0.2, 0) is 0 Å². The lowest BCUT2D eigenvalue weighted by atomic mass is 10.1. The summed E-state index contributed by atoms with van der Waals surface area (Å²) < 4.78 is 0. The number of hydrogen-bond donors (Lipinski definition) is 1. The predicted octanol–water partition coefficient (Wildman–Crippen LogP) is 1.30. The molecule has 0 spiro atoms. The van der Waals surface area contributed by atoms with Crippen molar-refractivity contribution in [2.24, 2.45) is 0 Å². The molecular formula is C13H16N2O2. The van der Waals surface area contributed by atoms with Crippen LogP contribution in [0, 0.1) is 0 Å². The molecule has 1 rings (SSSR count). The molecule has 0 heterocycles. The Bertz CT molecular complexity index is 424. The molecule has 0 aromatic heterocycles. The Hall–Kier alpha value is -2.10. The minimum absolute atomic E-state index is 0.0895. The summed E-state index contributed by atoms with van der Waals surface area (Å²) in [7, 11) is 3.27. The third-order valence-electron chi connectivity index (χ3n) is 2.37. The summed E-state index contributed by atoms with van der Waals surface area (Å²) in [5, 5.41) is 2.53. The molecule has 0 aliphatic carbocycles. The van der Waals surface area contributed by atoms with Gasteiger partial charge in [0, 0.05) is 31.8 Å². The van der Waals surface area contributed by atoms with Crippen LogP contribution in [0.2, 0.25) is 0 Å². The van der Waals surface area contributed by atoms with E-state index in [1.807, 2.05) is 0 Å². The van der Waals surface area contributed by atoms with E-state index in [1.165, 1.54) is 0 Å². The van der Waals surface area contributed by atoms with Crippen LogP contribution in [0.15, 0.2) is 36.9 Å². The van der Waals surface area contributed by atoms with Crippen LogP contribution in [0.5, 0.6) is 0 Å². The molecule has 0 unspecified atom stereocenters. The second-order valence-corrected chi connectivity index (χ2v) is 3.63. The van der Waals surface area contributed by atoms with Crippen molar-refractivity contribution in [1.82, 2.24) is 10.2 Å². The minimum atomic E-state index is -0.163. The van der Waals surface area contributed by atoms with Gasteiger partial charge in [0.2, 0.25) is 0 Å². The maximum absolute atomic E-state index is 11.9. The van der Waals surface area contributed by atoms with E-state index in [0.717, 1.165) is 0 Å². The normalized spacial score (nSPS) is 9.53. The molecule has 90 valence electrons. The molecule has 4 nitrogen and oxygen atoms in total. The topological polar surface area (TPSA) is 49.4 Å². The third kappa shape index (κ3) is 3.17. The molecule has 2 amide bonds. The van der Waals surface area contributed by atoms with Crippen molar-refractivity contribution in [1.29, 1.82) is 0 Å². The molecule has 1 aromatic carbocycles. The van der Waals surface area contributed by atoms with Gasteiger partial charge in [0.15, 0.2) is 0 Å². The van der Waals surface area contributed by atoms with Crippen LogP contribution in [0.1, 0.15) is 20.7 Å². The van der Waals surface area contributed by atoms with Gasteiger partial charge in [-0.2, -0.15) is 0 Å². The lowest BCUT2D eigenvalue weighted by Crippen LogP contribution is -2.26. The standard InChI is InChI=1S/C13H16N2O2/c1-4-9-15(3)13(17)11-7-5-10(6-8-11)12(16)14-2/h4-8H,1,9H2,2-3H3,(H,14,16). The average Bonchev–Trinajstić information content (AvgIpc) is 2.37. The van der Waals surface area contributed by atoms with Gasteiger partial charge in [-0.15, -0.1) is 6.58 Å². The summed E-state index contributed by atoms with van der Waals surface area (Å²) in [5.41, 5.74) is 1.09. The Kier molecular flexibility index (Phi) is 4.46. The number of nitrogens with zero attached hydrogens (tertiary/aromatic N) is 1. The molecule has 0 radical (unpaired) electrons. The van der Waals surface area contributed by atoms with Crippen molar-refractivity contribution in [2.45, 2.75) is 0 Å². The van der Waals surface area contributed by atoms with Gasteiger partial charge in [0.1, 0.15) is 0 Å². The highest BCUT2D eigenvalue weighted by molar-refractivity contribution is 5.97. The smallest absolute Gasteiger partial charge is 0.253 e. The van der Waals surface area contributed by atoms with E-state index in [2.05, 4.69) is 11.9 Å². The Balaban J connectivity index is 2.83. The van der Waals surface area contributed by atoms with Gasteiger partial charge in [-0.05, 0) is 24.3 Å². The predicted molar refractivity (Wildman–Crippen MR) is 67.0 cm³/mol. The Labute approximate surface area is 101 Å². The monoisotopic (exact) mass is 232 g/mol. The Morgan fingerprint density at radius 3 is 2.29 bits per heavy atom. The van der Waals surface area contributed by atoms with E-state index in [-0.39, 0.29) is 11.8 Å². The zero-order chi connectivity index (χ0) is 12.8. The molecule has 1 aromatic rings. The molecule has 4 heteroatoms. The van der Waals surface area contributed by atoms with Crippen LogP contribution in [0.4, 0.5) is 0 Å². The number of carbonyl (C=O) groups excluding carboxylic acids is 2. The van der Waals surface area contributed by atoms with E-state index < -0.39 is 0 Å². The zero-order valence-corrected chi connectivity index (χ0v) is 10.1. The number of nitrogens with one attached hydrogen (secondary N) is 1. The van der Waals surface area contributed by atoms with Gasteiger partial charge in [0.05, 0.1) is 0 Å². The zero-order valence-electron chi connectivity index (χ0n) is 10.1. The number of hydrogen-bond acceptors (Lipinski definition) is 2. The number of benzene rings is 1. The maximum Gasteiger partial charge on any atom is 0.253 e. The van der Waals surface area contributed by atoms with Gasteiger partial charge in [-0.25, -0.2) is 0 Å². The van der Waals surface area contributed by atoms with Crippen LogP contribution in [0.25, 0.3) is 0 Å². The maximum atomic E-state index is 11.9. The Morgan fingerprint density at radius 2 is 1.82 bits per heavy atom. The first-order valence-corrected chi connectivity index (χ1v) is 5.28. The van der Waals surface area contributed by atoms with E-state index in [1.54, 1.807) is 49.3 Å². The lowest BCUT2D eigenvalue weighted by molar-refractivity contribution is 0.0809. The average molecular weight is 232 g/mol. The molecule has 0 aliphatic rings. The van der Waals surface area contributed by atoms with Gasteiger partial charge < -0.3 is 10.2 Å². The summed E-state index contributed by atoms with van der Waals surface area (Å²) in [5.74, 6) is -0.253. The molecule has 1 N–H and O–H groups in total. The summed E-state index contributed by atoms with van der Waals surface area (Å²) in [6, 6.07) is 6.56. The Morgan fingerprint density at radius 1 is 1.29 bits per heavy atom. The van der Waals surface area contributed by atoms with E-state index in [4.69, 9.17) is 0 Å². The number of amides is 2. The SMILES string of the molecule is C=CCN(C)C(=O)c1ccc(C(=O)NC)cc1. The molecule has 0 saturated heterocycles. The van der Waals surface area contributed by atoms with Crippen molar-refractivity contribution >= 4 is 11.8 Å². The van der Waals surface area contributed by atoms with Crippen LogP contribution in [0.3, 0.4) is 0 Å². The van der Waals surface area contributed by atoms with Crippen molar-refractivity contribution in [3.8, 4) is 0 Å². The quantitative estimate of drug-likeness (QED) is 0.796. The summed E-state index contributed by atoms with van der Waals surface area (Å²) in [4.78, 5) is 24.7. The number of carbonyl (C=O) groups is 2. The first kappa shape index (κ1) is 13.0. The van der Waals surface area contributed by atoms with Gasteiger partial charge in [0.25, 0.3) is 11.8 Å². The summed E-state index contributed by atoms with van der Waals surface area (Å²) >= 11 is 0. The first-order valence-electron chi connectivity index (χ1n) is 5.28. The highest BCUT2D eigenvalue weighted by atomic mass is 16.2. The lowest BCUT2D eigenvalue weighted by Gasteiger charge is -2.14.